The first-order valence-electron chi connectivity index (χ1n) is 4.35. The standard InChI is InChI=1S/C7H16N2O2S.ClH/c1-2-12(10,11)9-7-4-3-5-8-6-7;/h7-9H,2-6H2,1H3;1H/t7-;/m1./s1. The first-order valence-corrected chi connectivity index (χ1v) is 6.00. The molecule has 0 amide bonds. The van der Waals surface area contributed by atoms with Gasteiger partial charge in [0.25, 0.3) is 0 Å². The topological polar surface area (TPSA) is 58.2 Å². The Kier molecular flexibility index (Phi) is 5.87. The maximum Gasteiger partial charge on any atom is 0.211 e. The zero-order valence-electron chi connectivity index (χ0n) is 7.75. The average Bonchev–Trinajstić information content (AvgIpc) is 2.06. The summed E-state index contributed by atoms with van der Waals surface area (Å²) in [5.74, 6) is 0.170. The van der Waals surface area contributed by atoms with Crippen molar-refractivity contribution in [3.8, 4) is 0 Å². The molecule has 0 aliphatic carbocycles. The smallest absolute Gasteiger partial charge is 0.211 e. The summed E-state index contributed by atoms with van der Waals surface area (Å²) in [6.07, 6.45) is 2.00. The molecule has 6 heteroatoms. The second kappa shape index (κ2) is 5.80. The van der Waals surface area contributed by atoms with Gasteiger partial charge in [0.05, 0.1) is 5.75 Å². The molecule has 0 unspecified atom stereocenters. The third-order valence-electron chi connectivity index (χ3n) is 2.02. The normalized spacial score (nSPS) is 23.6. The molecule has 80 valence electrons. The highest BCUT2D eigenvalue weighted by Gasteiger charge is 2.17. The summed E-state index contributed by atoms with van der Waals surface area (Å²) in [5.41, 5.74) is 0. The average molecular weight is 229 g/mol. The van der Waals surface area contributed by atoms with Crippen LogP contribution in [0.3, 0.4) is 0 Å². The van der Waals surface area contributed by atoms with Crippen LogP contribution in [0.15, 0.2) is 0 Å². The van der Waals surface area contributed by atoms with Gasteiger partial charge in [-0.1, -0.05) is 0 Å². The molecule has 4 nitrogen and oxygen atoms in total. The molecule has 0 aromatic heterocycles. The molecule has 1 saturated heterocycles. The van der Waals surface area contributed by atoms with Gasteiger partial charge in [-0.15, -0.1) is 12.4 Å². The Labute approximate surface area is 85.9 Å². The van der Waals surface area contributed by atoms with Gasteiger partial charge in [0.15, 0.2) is 0 Å². The second-order valence-electron chi connectivity index (χ2n) is 3.06. The van der Waals surface area contributed by atoms with E-state index in [1.165, 1.54) is 0 Å². The van der Waals surface area contributed by atoms with Gasteiger partial charge in [0.2, 0.25) is 10.0 Å². The number of hydrogen-bond donors (Lipinski definition) is 2. The van der Waals surface area contributed by atoms with E-state index in [9.17, 15) is 8.42 Å². The van der Waals surface area contributed by atoms with Crippen molar-refractivity contribution in [1.29, 1.82) is 0 Å². The van der Waals surface area contributed by atoms with Crippen molar-refractivity contribution in [2.45, 2.75) is 25.8 Å². The quantitative estimate of drug-likeness (QED) is 0.721. The maximum atomic E-state index is 11.1. The number of piperidine rings is 1. The van der Waals surface area contributed by atoms with Gasteiger partial charge in [-0.25, -0.2) is 13.1 Å². The van der Waals surface area contributed by atoms with E-state index in [2.05, 4.69) is 10.0 Å². The minimum absolute atomic E-state index is 0. The first-order chi connectivity index (χ1) is 5.64. The summed E-state index contributed by atoms with van der Waals surface area (Å²) < 4.78 is 24.9. The third-order valence-corrected chi connectivity index (χ3v) is 3.48. The lowest BCUT2D eigenvalue weighted by atomic mass is 10.1. The zero-order valence-corrected chi connectivity index (χ0v) is 9.38. The van der Waals surface area contributed by atoms with Crippen LogP contribution in [0.4, 0.5) is 0 Å². The fraction of sp³-hybridized carbons (Fsp3) is 1.00. The molecule has 1 heterocycles. The maximum absolute atomic E-state index is 11.1. The van der Waals surface area contributed by atoms with Crippen molar-refractivity contribution in [1.82, 2.24) is 10.0 Å². The fourth-order valence-electron chi connectivity index (χ4n) is 1.29. The molecule has 0 radical (unpaired) electrons. The molecule has 1 fully saturated rings. The lowest BCUT2D eigenvalue weighted by Crippen LogP contribution is -2.45. The number of nitrogens with one attached hydrogen (secondary N) is 2. The van der Waals surface area contributed by atoms with Crippen LogP contribution in [0, 0.1) is 0 Å². The zero-order chi connectivity index (χ0) is 9.03. The Hall–Kier alpha value is 0.160. The molecule has 1 rings (SSSR count). The van der Waals surface area contributed by atoms with Crippen LogP contribution < -0.4 is 10.0 Å². The summed E-state index contributed by atoms with van der Waals surface area (Å²) >= 11 is 0. The van der Waals surface area contributed by atoms with Crippen LogP contribution >= 0.6 is 12.4 Å². The molecule has 0 saturated carbocycles. The predicted octanol–water partition coefficient (Wildman–Crippen LogP) is 0.0995. The summed E-state index contributed by atoms with van der Waals surface area (Å²) in [6, 6.07) is 0.101. The van der Waals surface area contributed by atoms with Crippen molar-refractivity contribution in [3.05, 3.63) is 0 Å². The Balaban J connectivity index is 0.00000144. The van der Waals surface area contributed by atoms with Gasteiger partial charge in [-0.3, -0.25) is 0 Å². The van der Waals surface area contributed by atoms with Gasteiger partial charge in [-0.05, 0) is 26.3 Å². The summed E-state index contributed by atoms with van der Waals surface area (Å²) in [6.45, 7) is 3.42. The van der Waals surface area contributed by atoms with Gasteiger partial charge in [0.1, 0.15) is 0 Å². The van der Waals surface area contributed by atoms with Crippen LogP contribution in [0.25, 0.3) is 0 Å². The minimum Gasteiger partial charge on any atom is -0.315 e. The van der Waals surface area contributed by atoms with E-state index < -0.39 is 10.0 Å². The van der Waals surface area contributed by atoms with Gasteiger partial charge < -0.3 is 5.32 Å². The monoisotopic (exact) mass is 228 g/mol. The number of halogens is 1. The van der Waals surface area contributed by atoms with Gasteiger partial charge >= 0.3 is 0 Å². The lowest BCUT2D eigenvalue weighted by molar-refractivity contribution is 0.429. The van der Waals surface area contributed by atoms with Crippen LogP contribution in [-0.4, -0.2) is 33.3 Å². The van der Waals surface area contributed by atoms with Crippen molar-refractivity contribution in [2.75, 3.05) is 18.8 Å². The second-order valence-corrected chi connectivity index (χ2v) is 5.11. The molecule has 1 aliphatic heterocycles. The molecule has 0 aromatic carbocycles. The largest absolute Gasteiger partial charge is 0.315 e. The highest BCUT2D eigenvalue weighted by molar-refractivity contribution is 7.89. The SMILES string of the molecule is CCS(=O)(=O)N[C@@H]1CCCNC1.Cl. The van der Waals surface area contributed by atoms with E-state index in [4.69, 9.17) is 0 Å². The molecule has 0 aromatic rings. The van der Waals surface area contributed by atoms with Crippen LogP contribution in [0.2, 0.25) is 0 Å². The Morgan fingerprint density at radius 2 is 2.23 bits per heavy atom. The van der Waals surface area contributed by atoms with Crippen molar-refractivity contribution in [3.63, 3.8) is 0 Å². The van der Waals surface area contributed by atoms with E-state index in [0.717, 1.165) is 25.9 Å². The predicted molar refractivity (Wildman–Crippen MR) is 55.7 cm³/mol. The lowest BCUT2D eigenvalue weighted by Gasteiger charge is -2.23. The van der Waals surface area contributed by atoms with Crippen molar-refractivity contribution in [2.24, 2.45) is 0 Å². The molecule has 1 aliphatic rings. The fourth-order valence-corrected chi connectivity index (χ4v) is 2.17. The molecule has 2 N–H and O–H groups in total. The van der Waals surface area contributed by atoms with E-state index >= 15 is 0 Å². The van der Waals surface area contributed by atoms with E-state index in [-0.39, 0.29) is 24.2 Å². The Morgan fingerprint density at radius 3 is 2.69 bits per heavy atom. The Bertz CT molecular complexity index is 225. The Morgan fingerprint density at radius 1 is 1.54 bits per heavy atom. The summed E-state index contributed by atoms with van der Waals surface area (Å²) in [7, 11) is -3.01. The van der Waals surface area contributed by atoms with Crippen molar-refractivity contribution < 1.29 is 8.42 Å². The highest BCUT2D eigenvalue weighted by Crippen LogP contribution is 2.02. The van der Waals surface area contributed by atoms with Gasteiger partial charge in [-0.2, -0.15) is 0 Å². The van der Waals surface area contributed by atoms with Crippen molar-refractivity contribution >= 4 is 22.4 Å². The summed E-state index contributed by atoms with van der Waals surface area (Å²) in [4.78, 5) is 0. The highest BCUT2D eigenvalue weighted by atomic mass is 35.5. The molecule has 13 heavy (non-hydrogen) atoms. The third kappa shape index (κ3) is 4.81. The summed E-state index contributed by atoms with van der Waals surface area (Å²) in [5, 5.41) is 3.15. The molecule has 0 spiro atoms. The number of sulfonamides is 1. The number of rotatable bonds is 3. The van der Waals surface area contributed by atoms with Crippen LogP contribution in [0.5, 0.6) is 0 Å². The number of hydrogen-bond acceptors (Lipinski definition) is 3. The van der Waals surface area contributed by atoms with Gasteiger partial charge in [0, 0.05) is 12.6 Å². The molecule has 0 bridgehead atoms. The van der Waals surface area contributed by atoms with E-state index in [1.54, 1.807) is 6.92 Å². The van der Waals surface area contributed by atoms with E-state index in [0.29, 0.717) is 0 Å². The van der Waals surface area contributed by atoms with Crippen LogP contribution in [-0.2, 0) is 10.0 Å². The van der Waals surface area contributed by atoms with E-state index in [1.807, 2.05) is 0 Å². The molecular formula is C7H17ClN2O2S. The molecular weight excluding hydrogens is 212 g/mol. The van der Waals surface area contributed by atoms with Crippen LogP contribution in [0.1, 0.15) is 19.8 Å². The molecule has 1 atom stereocenters. The minimum atomic E-state index is -3.01. The first kappa shape index (κ1) is 13.2.